The summed E-state index contributed by atoms with van der Waals surface area (Å²) in [6.45, 7) is 1.68. The Bertz CT molecular complexity index is 744. The molecule has 0 atom stereocenters. The molecule has 2 amide bonds. The van der Waals surface area contributed by atoms with E-state index in [2.05, 4.69) is 5.32 Å². The van der Waals surface area contributed by atoms with Gasteiger partial charge in [-0.1, -0.05) is 30.3 Å². The number of nitrogens with zero attached hydrogens (tertiary/aromatic N) is 1. The number of amides is 2. The Balaban J connectivity index is 1.80. The van der Waals surface area contributed by atoms with E-state index in [9.17, 15) is 9.59 Å². The molecular formula is C19H21N3O2. The third kappa shape index (κ3) is 3.74. The Morgan fingerprint density at radius 2 is 1.92 bits per heavy atom. The number of rotatable bonds is 6. The van der Waals surface area contributed by atoms with Crippen LogP contribution in [0.4, 0.5) is 5.69 Å². The van der Waals surface area contributed by atoms with Crippen LogP contribution in [-0.4, -0.2) is 29.8 Å². The Hall–Kier alpha value is -2.82. The molecule has 0 unspecified atom stereocenters. The number of anilines is 1. The number of nitrogens with one attached hydrogen (secondary N) is 1. The van der Waals surface area contributed by atoms with Crippen LogP contribution in [0.5, 0.6) is 0 Å². The van der Waals surface area contributed by atoms with Crippen molar-refractivity contribution in [1.29, 1.82) is 0 Å². The second kappa shape index (κ2) is 7.17. The van der Waals surface area contributed by atoms with E-state index in [1.807, 2.05) is 48.5 Å². The second-order valence-corrected chi connectivity index (χ2v) is 5.98. The lowest BCUT2D eigenvalue weighted by Gasteiger charge is -2.23. The molecule has 5 heteroatoms. The van der Waals surface area contributed by atoms with Crippen molar-refractivity contribution in [3.8, 4) is 0 Å². The summed E-state index contributed by atoms with van der Waals surface area (Å²) in [6, 6.07) is 15.5. The van der Waals surface area contributed by atoms with Gasteiger partial charge in [-0.2, -0.15) is 0 Å². The molecule has 124 valence electrons. The van der Waals surface area contributed by atoms with Crippen molar-refractivity contribution in [3.63, 3.8) is 0 Å². The number of nitrogens with two attached hydrogens (primary N) is 1. The van der Waals surface area contributed by atoms with E-state index in [1.165, 1.54) is 0 Å². The monoisotopic (exact) mass is 323 g/mol. The first-order valence-corrected chi connectivity index (χ1v) is 8.12. The predicted molar refractivity (Wildman–Crippen MR) is 93.6 cm³/mol. The van der Waals surface area contributed by atoms with Gasteiger partial charge in [0.2, 0.25) is 5.91 Å². The quantitative estimate of drug-likeness (QED) is 0.855. The van der Waals surface area contributed by atoms with Crippen molar-refractivity contribution in [2.45, 2.75) is 19.4 Å². The van der Waals surface area contributed by atoms with Gasteiger partial charge in [0.05, 0.1) is 0 Å². The minimum absolute atomic E-state index is 0.0743. The molecule has 0 fully saturated rings. The van der Waals surface area contributed by atoms with Crippen LogP contribution in [0.1, 0.15) is 27.9 Å². The molecule has 0 radical (unpaired) electrons. The van der Waals surface area contributed by atoms with Gasteiger partial charge in [-0.25, -0.2) is 0 Å². The SMILES string of the molecule is NC(=O)CCN(Cc1ccccc1)C(=O)c1ccc2c(c1)CCN2. The van der Waals surface area contributed by atoms with Crippen LogP contribution in [0.15, 0.2) is 48.5 Å². The summed E-state index contributed by atoms with van der Waals surface area (Å²) in [7, 11) is 0. The molecule has 0 spiro atoms. The summed E-state index contributed by atoms with van der Waals surface area (Å²) >= 11 is 0. The highest BCUT2D eigenvalue weighted by Gasteiger charge is 2.19. The number of primary amides is 1. The molecule has 0 bridgehead atoms. The van der Waals surface area contributed by atoms with Crippen molar-refractivity contribution in [2.24, 2.45) is 5.73 Å². The highest BCUT2D eigenvalue weighted by molar-refractivity contribution is 5.95. The van der Waals surface area contributed by atoms with E-state index < -0.39 is 5.91 Å². The Morgan fingerprint density at radius 1 is 1.12 bits per heavy atom. The first-order valence-electron chi connectivity index (χ1n) is 8.12. The molecule has 0 aromatic heterocycles. The average Bonchev–Trinajstić information content (AvgIpc) is 3.06. The number of fused-ring (bicyclic) bond motifs is 1. The van der Waals surface area contributed by atoms with Crippen molar-refractivity contribution in [2.75, 3.05) is 18.4 Å². The van der Waals surface area contributed by atoms with E-state index in [0.29, 0.717) is 18.7 Å². The van der Waals surface area contributed by atoms with Gasteiger partial charge >= 0.3 is 0 Å². The van der Waals surface area contributed by atoms with Gasteiger partial charge in [0, 0.05) is 37.3 Å². The zero-order chi connectivity index (χ0) is 16.9. The Morgan fingerprint density at radius 3 is 2.67 bits per heavy atom. The molecule has 2 aromatic carbocycles. The Kier molecular flexibility index (Phi) is 4.79. The summed E-state index contributed by atoms with van der Waals surface area (Å²) in [4.78, 5) is 25.7. The Labute approximate surface area is 141 Å². The van der Waals surface area contributed by atoms with Gasteiger partial charge in [0.1, 0.15) is 0 Å². The number of hydrogen-bond donors (Lipinski definition) is 2. The molecule has 0 aliphatic carbocycles. The molecule has 0 saturated heterocycles. The lowest BCUT2D eigenvalue weighted by atomic mass is 10.1. The van der Waals surface area contributed by atoms with Crippen LogP contribution in [0.2, 0.25) is 0 Å². The van der Waals surface area contributed by atoms with Gasteiger partial charge in [-0.05, 0) is 35.7 Å². The number of carbonyl (C=O) groups is 2. The zero-order valence-electron chi connectivity index (χ0n) is 13.5. The lowest BCUT2D eigenvalue weighted by molar-refractivity contribution is -0.118. The molecule has 24 heavy (non-hydrogen) atoms. The van der Waals surface area contributed by atoms with Crippen LogP contribution in [0.25, 0.3) is 0 Å². The van der Waals surface area contributed by atoms with E-state index in [-0.39, 0.29) is 12.3 Å². The molecule has 0 saturated carbocycles. The van der Waals surface area contributed by atoms with Gasteiger partial charge < -0.3 is 16.0 Å². The molecular weight excluding hydrogens is 302 g/mol. The van der Waals surface area contributed by atoms with Gasteiger partial charge in [-0.15, -0.1) is 0 Å². The zero-order valence-corrected chi connectivity index (χ0v) is 13.5. The fourth-order valence-corrected chi connectivity index (χ4v) is 2.92. The fourth-order valence-electron chi connectivity index (χ4n) is 2.92. The van der Waals surface area contributed by atoms with E-state index >= 15 is 0 Å². The van der Waals surface area contributed by atoms with Crippen LogP contribution in [0, 0.1) is 0 Å². The molecule has 3 N–H and O–H groups in total. The number of benzene rings is 2. The van der Waals surface area contributed by atoms with Crippen LogP contribution < -0.4 is 11.1 Å². The molecule has 5 nitrogen and oxygen atoms in total. The smallest absolute Gasteiger partial charge is 0.254 e. The van der Waals surface area contributed by atoms with Crippen molar-refractivity contribution >= 4 is 17.5 Å². The highest BCUT2D eigenvalue weighted by atomic mass is 16.2. The molecule has 2 aromatic rings. The van der Waals surface area contributed by atoms with Gasteiger partial charge in [-0.3, -0.25) is 9.59 Å². The number of hydrogen-bond acceptors (Lipinski definition) is 3. The predicted octanol–water partition coefficient (Wildman–Crippen LogP) is 2.17. The molecule has 1 heterocycles. The second-order valence-electron chi connectivity index (χ2n) is 5.98. The third-order valence-electron chi connectivity index (χ3n) is 4.19. The topological polar surface area (TPSA) is 75.4 Å². The third-order valence-corrected chi connectivity index (χ3v) is 4.19. The van der Waals surface area contributed by atoms with Gasteiger partial charge in [0.25, 0.3) is 5.91 Å². The lowest BCUT2D eigenvalue weighted by Crippen LogP contribution is -2.33. The molecule has 3 rings (SSSR count). The van der Waals surface area contributed by atoms with E-state index in [4.69, 9.17) is 5.73 Å². The summed E-state index contributed by atoms with van der Waals surface area (Å²) in [5.41, 5.74) is 9.20. The van der Waals surface area contributed by atoms with E-state index in [0.717, 1.165) is 29.8 Å². The van der Waals surface area contributed by atoms with Crippen molar-refractivity contribution in [3.05, 3.63) is 65.2 Å². The average molecular weight is 323 g/mol. The normalized spacial score (nSPS) is 12.3. The maximum atomic E-state index is 12.9. The van der Waals surface area contributed by atoms with Crippen molar-refractivity contribution < 1.29 is 9.59 Å². The summed E-state index contributed by atoms with van der Waals surface area (Å²) in [6.07, 6.45) is 1.08. The first kappa shape index (κ1) is 16.1. The maximum absolute atomic E-state index is 12.9. The molecule has 1 aliphatic heterocycles. The van der Waals surface area contributed by atoms with Crippen LogP contribution >= 0.6 is 0 Å². The minimum Gasteiger partial charge on any atom is -0.384 e. The largest absolute Gasteiger partial charge is 0.384 e. The first-order chi connectivity index (χ1) is 11.6. The van der Waals surface area contributed by atoms with Crippen LogP contribution in [0.3, 0.4) is 0 Å². The highest BCUT2D eigenvalue weighted by Crippen LogP contribution is 2.24. The summed E-state index contributed by atoms with van der Waals surface area (Å²) in [5, 5.41) is 3.29. The molecule has 1 aliphatic rings. The maximum Gasteiger partial charge on any atom is 0.254 e. The standard InChI is InChI=1S/C19H21N3O2/c20-18(23)9-11-22(13-14-4-2-1-3-5-14)19(24)16-6-7-17-15(12-16)8-10-21-17/h1-7,12,21H,8-11,13H2,(H2,20,23). The fraction of sp³-hybridized carbons (Fsp3) is 0.263. The minimum atomic E-state index is -0.404. The van der Waals surface area contributed by atoms with E-state index in [1.54, 1.807) is 4.90 Å². The summed E-state index contributed by atoms with van der Waals surface area (Å²) in [5.74, 6) is -0.478. The van der Waals surface area contributed by atoms with Gasteiger partial charge in [0.15, 0.2) is 0 Å². The van der Waals surface area contributed by atoms with Crippen LogP contribution in [-0.2, 0) is 17.8 Å². The van der Waals surface area contributed by atoms with Crippen molar-refractivity contribution in [1.82, 2.24) is 4.90 Å². The summed E-state index contributed by atoms with van der Waals surface area (Å²) < 4.78 is 0. The number of carbonyl (C=O) groups excluding carboxylic acids is 2.